The van der Waals surface area contributed by atoms with Crippen LogP contribution in [0.5, 0.6) is 0 Å². The molecule has 0 aromatic heterocycles. The van der Waals surface area contributed by atoms with E-state index < -0.39 is 6.04 Å². The number of hydrogen-bond donors (Lipinski definition) is 1. The highest BCUT2D eigenvalue weighted by molar-refractivity contribution is 5.99. The second kappa shape index (κ2) is 3.31. The quantitative estimate of drug-likeness (QED) is 0.685. The van der Waals surface area contributed by atoms with Gasteiger partial charge in [0.1, 0.15) is 0 Å². The average Bonchev–Trinajstić information content (AvgIpc) is 3.15. The third-order valence-electron chi connectivity index (χ3n) is 3.82. The second-order valence-electron chi connectivity index (χ2n) is 4.78. The number of nitrogens with zero attached hydrogens (tertiary/aromatic N) is 2. The molecule has 0 bridgehead atoms. The minimum Gasteiger partial charge on any atom is -0.320 e. The predicted molar refractivity (Wildman–Crippen MR) is 64.9 cm³/mol. The summed E-state index contributed by atoms with van der Waals surface area (Å²) >= 11 is 0. The number of fused-ring (bicyclic) bond motifs is 3. The number of nitrogens with two attached hydrogens (primary N) is 1. The Hall–Kier alpha value is -1.86. The fraction of sp³-hybridized carbons (Fsp3) is 0.385. The first-order valence-corrected chi connectivity index (χ1v) is 5.68. The molecule has 4 heteroatoms. The van der Waals surface area contributed by atoms with Crippen molar-refractivity contribution in [2.24, 2.45) is 11.7 Å². The van der Waals surface area contributed by atoms with Crippen molar-refractivity contribution in [3.8, 4) is 0 Å². The van der Waals surface area contributed by atoms with E-state index in [0.717, 1.165) is 17.7 Å². The monoisotopic (exact) mass is 227 g/mol. The molecule has 1 aromatic rings. The molecule has 1 aliphatic carbocycles. The highest BCUT2D eigenvalue weighted by Gasteiger charge is 2.49. The van der Waals surface area contributed by atoms with E-state index in [1.54, 1.807) is 18.0 Å². The van der Waals surface area contributed by atoms with E-state index in [4.69, 9.17) is 12.3 Å². The van der Waals surface area contributed by atoms with Gasteiger partial charge >= 0.3 is 0 Å². The smallest absolute Gasteiger partial charge is 0.243 e. The van der Waals surface area contributed by atoms with E-state index >= 15 is 0 Å². The maximum absolute atomic E-state index is 12.0. The van der Waals surface area contributed by atoms with Crippen molar-refractivity contribution >= 4 is 17.3 Å². The molecule has 0 unspecified atom stereocenters. The third kappa shape index (κ3) is 1.36. The third-order valence-corrected chi connectivity index (χ3v) is 3.82. The van der Waals surface area contributed by atoms with Crippen LogP contribution < -0.4 is 10.6 Å². The number of amides is 1. The van der Waals surface area contributed by atoms with Crippen LogP contribution in [0.3, 0.4) is 0 Å². The summed E-state index contributed by atoms with van der Waals surface area (Å²) in [5.41, 5.74) is 8.59. The van der Waals surface area contributed by atoms with Crippen LogP contribution in [0.1, 0.15) is 17.9 Å². The average molecular weight is 227 g/mol. The van der Waals surface area contributed by atoms with Crippen molar-refractivity contribution in [2.75, 3.05) is 11.9 Å². The Kier molecular flexibility index (Phi) is 2.01. The molecule has 1 aromatic carbocycles. The fourth-order valence-corrected chi connectivity index (χ4v) is 2.71. The molecule has 1 saturated carbocycles. The summed E-state index contributed by atoms with van der Waals surface area (Å²) < 4.78 is 0. The largest absolute Gasteiger partial charge is 0.320 e. The minimum absolute atomic E-state index is 0.0215. The summed E-state index contributed by atoms with van der Waals surface area (Å²) in [6.07, 6.45) is 0.967. The summed E-state index contributed by atoms with van der Waals surface area (Å²) in [6.45, 7) is 7.04. The zero-order chi connectivity index (χ0) is 12.2. The molecule has 4 nitrogen and oxygen atoms in total. The molecule has 3 atom stereocenters. The molecule has 2 N–H and O–H groups in total. The molecule has 17 heavy (non-hydrogen) atoms. The van der Waals surface area contributed by atoms with Gasteiger partial charge in [-0.3, -0.25) is 4.79 Å². The van der Waals surface area contributed by atoms with Gasteiger partial charge in [0, 0.05) is 12.7 Å². The summed E-state index contributed by atoms with van der Waals surface area (Å²) in [5, 5.41) is 0. The molecule has 1 amide bonds. The second-order valence-corrected chi connectivity index (χ2v) is 4.78. The Bertz CT molecular complexity index is 546. The van der Waals surface area contributed by atoms with Gasteiger partial charge in [-0.25, -0.2) is 4.85 Å². The SMILES string of the molecule is [C-]#[N+]c1ccc2c(c1)[C@@H]1C[C@@H]1[C@H](N)C(=O)N2C. The fourth-order valence-electron chi connectivity index (χ4n) is 2.71. The van der Waals surface area contributed by atoms with Gasteiger partial charge in [0.2, 0.25) is 5.91 Å². The van der Waals surface area contributed by atoms with Crippen LogP contribution in [-0.2, 0) is 4.79 Å². The molecule has 1 heterocycles. The molecule has 0 radical (unpaired) electrons. The first-order chi connectivity index (χ1) is 8.13. The number of likely N-dealkylation sites (N-methyl/N-ethyl adjacent to an activating group) is 1. The van der Waals surface area contributed by atoms with Crippen molar-refractivity contribution in [3.63, 3.8) is 0 Å². The predicted octanol–water partition coefficient (Wildman–Crippen LogP) is 1.64. The summed E-state index contributed by atoms with van der Waals surface area (Å²) in [7, 11) is 1.75. The van der Waals surface area contributed by atoms with Gasteiger partial charge in [-0.2, -0.15) is 0 Å². The van der Waals surface area contributed by atoms with Crippen LogP contribution in [0.15, 0.2) is 18.2 Å². The van der Waals surface area contributed by atoms with Crippen molar-refractivity contribution in [1.29, 1.82) is 0 Å². The van der Waals surface area contributed by atoms with E-state index in [-0.39, 0.29) is 11.8 Å². The van der Waals surface area contributed by atoms with Crippen LogP contribution in [0.25, 0.3) is 4.85 Å². The van der Waals surface area contributed by atoms with E-state index in [0.29, 0.717) is 11.6 Å². The highest BCUT2D eigenvalue weighted by Crippen LogP contribution is 2.54. The van der Waals surface area contributed by atoms with Gasteiger partial charge in [-0.1, -0.05) is 12.1 Å². The van der Waals surface area contributed by atoms with Crippen molar-refractivity contribution in [1.82, 2.24) is 0 Å². The molecule has 2 aliphatic rings. The number of carbonyl (C=O) groups is 1. The number of anilines is 1. The van der Waals surface area contributed by atoms with Gasteiger partial charge in [-0.15, -0.1) is 0 Å². The number of benzene rings is 1. The lowest BCUT2D eigenvalue weighted by molar-refractivity contribution is -0.119. The Morgan fingerprint density at radius 3 is 3.00 bits per heavy atom. The van der Waals surface area contributed by atoms with Crippen LogP contribution in [0.2, 0.25) is 0 Å². The molecule has 3 rings (SSSR count). The van der Waals surface area contributed by atoms with E-state index in [2.05, 4.69) is 4.85 Å². The molecule has 0 saturated heterocycles. The van der Waals surface area contributed by atoms with Crippen molar-refractivity contribution in [2.45, 2.75) is 18.4 Å². The Morgan fingerprint density at radius 1 is 1.53 bits per heavy atom. The highest BCUT2D eigenvalue weighted by atomic mass is 16.2. The maximum Gasteiger partial charge on any atom is 0.243 e. The van der Waals surface area contributed by atoms with Gasteiger partial charge in [-0.05, 0) is 29.9 Å². The maximum atomic E-state index is 12.0. The normalized spacial score (nSPS) is 30.1. The van der Waals surface area contributed by atoms with Crippen LogP contribution in [-0.4, -0.2) is 19.0 Å². The molecular weight excluding hydrogens is 214 g/mol. The van der Waals surface area contributed by atoms with Gasteiger partial charge in [0.15, 0.2) is 5.69 Å². The topological polar surface area (TPSA) is 50.7 Å². The summed E-state index contributed by atoms with van der Waals surface area (Å²) in [4.78, 5) is 17.1. The van der Waals surface area contributed by atoms with E-state index in [1.807, 2.05) is 12.1 Å². The van der Waals surface area contributed by atoms with Gasteiger partial charge < -0.3 is 10.6 Å². The zero-order valence-electron chi connectivity index (χ0n) is 9.55. The number of carbonyl (C=O) groups excluding carboxylic acids is 1. The lowest BCUT2D eigenvalue weighted by Gasteiger charge is -2.21. The standard InChI is InChI=1S/C13H13N3O/c1-15-7-3-4-11-9(5-7)8-6-10(8)12(14)13(17)16(11)2/h3-5,8,10,12H,6,14H2,2H3/t8-,10-,12-/m0/s1. The van der Waals surface area contributed by atoms with Crippen LogP contribution in [0, 0.1) is 12.5 Å². The van der Waals surface area contributed by atoms with E-state index in [9.17, 15) is 4.79 Å². The molecule has 1 fully saturated rings. The van der Waals surface area contributed by atoms with Crippen LogP contribution >= 0.6 is 0 Å². The Balaban J connectivity index is 2.15. The number of rotatable bonds is 0. The first-order valence-electron chi connectivity index (χ1n) is 5.68. The molecular formula is C13H13N3O. The lowest BCUT2D eigenvalue weighted by atomic mass is 10.1. The summed E-state index contributed by atoms with van der Waals surface area (Å²) in [6, 6.07) is 5.11. The molecule has 86 valence electrons. The van der Waals surface area contributed by atoms with Crippen molar-refractivity contribution < 1.29 is 4.79 Å². The summed E-state index contributed by atoms with van der Waals surface area (Å²) in [5.74, 6) is 0.592. The Labute approximate surface area is 99.8 Å². The van der Waals surface area contributed by atoms with Crippen LogP contribution in [0.4, 0.5) is 11.4 Å². The minimum atomic E-state index is -0.395. The molecule has 1 aliphatic heterocycles. The van der Waals surface area contributed by atoms with Gasteiger partial charge in [0.25, 0.3) is 0 Å². The van der Waals surface area contributed by atoms with Crippen molar-refractivity contribution in [3.05, 3.63) is 35.2 Å². The lowest BCUT2D eigenvalue weighted by Crippen LogP contribution is -2.42. The van der Waals surface area contributed by atoms with Gasteiger partial charge in [0.05, 0.1) is 12.6 Å². The zero-order valence-corrected chi connectivity index (χ0v) is 9.55. The van der Waals surface area contributed by atoms with E-state index in [1.165, 1.54) is 0 Å². The molecule has 0 spiro atoms. The first kappa shape index (κ1) is 10.3. The Morgan fingerprint density at radius 2 is 2.29 bits per heavy atom. The number of hydrogen-bond acceptors (Lipinski definition) is 2.